The highest BCUT2D eigenvalue weighted by molar-refractivity contribution is 14.0. The third-order valence-corrected chi connectivity index (χ3v) is 5.87. The lowest BCUT2D eigenvalue weighted by molar-refractivity contribution is 0.172. The minimum atomic E-state index is 0. The number of aliphatic imine (C=N–C) groups is 1. The van der Waals surface area contributed by atoms with Crippen molar-refractivity contribution in [3.8, 4) is 17.2 Å². The Balaban J connectivity index is 0.00000324. The molecule has 0 bridgehead atoms. The molecule has 1 fully saturated rings. The van der Waals surface area contributed by atoms with Gasteiger partial charge in [0, 0.05) is 58.7 Å². The molecule has 1 aromatic heterocycles. The summed E-state index contributed by atoms with van der Waals surface area (Å²) in [7, 11) is 5.18. The predicted octanol–water partition coefficient (Wildman–Crippen LogP) is 3.40. The van der Waals surface area contributed by atoms with Crippen LogP contribution in [0.25, 0.3) is 5.69 Å². The fourth-order valence-corrected chi connectivity index (χ4v) is 4.10. The van der Waals surface area contributed by atoms with E-state index in [0.717, 1.165) is 55.9 Å². The Morgan fingerprint density at radius 2 is 1.76 bits per heavy atom. The van der Waals surface area contributed by atoms with E-state index in [1.54, 1.807) is 20.4 Å². The van der Waals surface area contributed by atoms with Crippen molar-refractivity contribution in [2.45, 2.75) is 13.1 Å². The van der Waals surface area contributed by atoms with E-state index < -0.39 is 0 Å². The second-order valence-corrected chi connectivity index (χ2v) is 7.97. The topological polar surface area (TPSA) is 67.2 Å². The molecule has 9 heteroatoms. The molecule has 1 N–H and O–H groups in total. The number of piperazine rings is 1. The van der Waals surface area contributed by atoms with Crippen LogP contribution in [-0.2, 0) is 13.1 Å². The number of methoxy groups -OCH3 is 2. The highest BCUT2D eigenvalue weighted by Crippen LogP contribution is 2.28. The van der Waals surface area contributed by atoms with Gasteiger partial charge in [0.05, 0.1) is 19.9 Å². The number of hydrogen-bond donors (Lipinski definition) is 1. The number of aromatic nitrogens is 2. The molecule has 182 valence electrons. The van der Waals surface area contributed by atoms with Crippen molar-refractivity contribution in [3.05, 3.63) is 72.1 Å². The van der Waals surface area contributed by atoms with Gasteiger partial charge in [0.25, 0.3) is 0 Å². The van der Waals surface area contributed by atoms with Gasteiger partial charge in [-0.1, -0.05) is 18.2 Å². The van der Waals surface area contributed by atoms with Crippen LogP contribution < -0.4 is 14.8 Å². The first-order valence-corrected chi connectivity index (χ1v) is 11.2. The number of nitrogens with zero attached hydrogens (tertiary/aromatic N) is 5. The number of hydrogen-bond acceptors (Lipinski definition) is 5. The van der Waals surface area contributed by atoms with Gasteiger partial charge in [-0.25, -0.2) is 4.68 Å². The molecular formula is C25H33IN6O2. The largest absolute Gasteiger partial charge is 0.493 e. The molecule has 2 aromatic carbocycles. The Morgan fingerprint density at radius 1 is 0.971 bits per heavy atom. The van der Waals surface area contributed by atoms with Gasteiger partial charge in [-0.05, 0) is 41.5 Å². The highest BCUT2D eigenvalue weighted by atomic mass is 127. The molecule has 3 aromatic rings. The standard InChI is InChI=1S/C25H32N6O2.HI/c1-26-25(27-18-20-6-4-7-22(16-20)31-11-5-10-28-31)30-14-12-29(13-15-30)19-21-8-9-23(32-2)24(17-21)33-3;/h4-11,16-17H,12-15,18-19H2,1-3H3,(H,26,27);1H. The Morgan fingerprint density at radius 3 is 2.44 bits per heavy atom. The summed E-state index contributed by atoms with van der Waals surface area (Å²) in [6, 6.07) is 16.4. The number of rotatable bonds is 7. The number of ether oxygens (including phenoxy) is 2. The summed E-state index contributed by atoms with van der Waals surface area (Å²) in [5.41, 5.74) is 3.47. The van der Waals surface area contributed by atoms with Gasteiger partial charge in [0.2, 0.25) is 0 Å². The van der Waals surface area contributed by atoms with Gasteiger partial charge >= 0.3 is 0 Å². The van der Waals surface area contributed by atoms with Crippen molar-refractivity contribution in [1.82, 2.24) is 24.9 Å². The minimum absolute atomic E-state index is 0. The van der Waals surface area contributed by atoms with Crippen LogP contribution in [0.4, 0.5) is 0 Å². The van der Waals surface area contributed by atoms with Crippen LogP contribution in [0.3, 0.4) is 0 Å². The molecule has 0 atom stereocenters. The summed E-state index contributed by atoms with van der Waals surface area (Å²) in [5, 5.41) is 7.83. The van der Waals surface area contributed by atoms with E-state index in [2.05, 4.69) is 61.6 Å². The number of nitrogens with one attached hydrogen (secondary N) is 1. The summed E-state index contributed by atoms with van der Waals surface area (Å²) in [5.74, 6) is 2.47. The summed E-state index contributed by atoms with van der Waals surface area (Å²) in [6.07, 6.45) is 3.74. The molecule has 2 heterocycles. The van der Waals surface area contributed by atoms with Crippen LogP contribution in [0, 0.1) is 0 Å². The minimum Gasteiger partial charge on any atom is -0.493 e. The third-order valence-electron chi connectivity index (χ3n) is 5.87. The lowest BCUT2D eigenvalue weighted by atomic mass is 10.1. The zero-order chi connectivity index (χ0) is 23.0. The molecule has 0 amide bonds. The Bertz CT molecular complexity index is 1070. The molecule has 4 rings (SSSR count). The van der Waals surface area contributed by atoms with Crippen LogP contribution in [0.5, 0.6) is 11.5 Å². The average molecular weight is 576 g/mol. The lowest BCUT2D eigenvalue weighted by Crippen LogP contribution is -2.52. The van der Waals surface area contributed by atoms with E-state index >= 15 is 0 Å². The van der Waals surface area contributed by atoms with Crippen LogP contribution in [-0.4, -0.2) is 73.0 Å². The van der Waals surface area contributed by atoms with E-state index in [-0.39, 0.29) is 24.0 Å². The SMILES string of the molecule is CN=C(NCc1cccc(-n2cccn2)c1)N1CCN(Cc2ccc(OC)c(OC)c2)CC1.I. The van der Waals surface area contributed by atoms with Gasteiger partial charge in [0.1, 0.15) is 0 Å². The van der Waals surface area contributed by atoms with Gasteiger partial charge in [0.15, 0.2) is 17.5 Å². The Kier molecular flexibility index (Phi) is 9.58. The summed E-state index contributed by atoms with van der Waals surface area (Å²) >= 11 is 0. The monoisotopic (exact) mass is 576 g/mol. The van der Waals surface area contributed by atoms with Crippen molar-refractivity contribution in [2.75, 3.05) is 47.4 Å². The van der Waals surface area contributed by atoms with Crippen LogP contribution in [0.2, 0.25) is 0 Å². The van der Waals surface area contributed by atoms with Crippen molar-refractivity contribution < 1.29 is 9.47 Å². The summed E-state index contributed by atoms with van der Waals surface area (Å²) in [4.78, 5) is 9.29. The maximum absolute atomic E-state index is 5.44. The molecule has 0 radical (unpaired) electrons. The number of guanidine groups is 1. The molecule has 0 saturated carbocycles. The van der Waals surface area contributed by atoms with Crippen molar-refractivity contribution >= 4 is 29.9 Å². The Labute approximate surface area is 218 Å². The first-order chi connectivity index (χ1) is 16.2. The van der Waals surface area contributed by atoms with Crippen molar-refractivity contribution in [1.29, 1.82) is 0 Å². The van der Waals surface area contributed by atoms with Crippen LogP contribution >= 0.6 is 24.0 Å². The normalized spacial score (nSPS) is 14.4. The fraction of sp³-hybridized carbons (Fsp3) is 0.360. The average Bonchev–Trinajstić information content (AvgIpc) is 3.41. The molecule has 34 heavy (non-hydrogen) atoms. The van der Waals surface area contributed by atoms with E-state index in [4.69, 9.17) is 9.47 Å². The van der Waals surface area contributed by atoms with E-state index in [1.807, 2.05) is 30.1 Å². The second kappa shape index (κ2) is 12.6. The molecule has 1 aliphatic heterocycles. The molecule has 8 nitrogen and oxygen atoms in total. The molecule has 1 aliphatic rings. The van der Waals surface area contributed by atoms with E-state index in [0.29, 0.717) is 6.54 Å². The predicted molar refractivity (Wildman–Crippen MR) is 146 cm³/mol. The zero-order valence-corrected chi connectivity index (χ0v) is 22.3. The van der Waals surface area contributed by atoms with Gasteiger partial charge in [-0.2, -0.15) is 5.10 Å². The summed E-state index contributed by atoms with van der Waals surface area (Å²) < 4.78 is 12.7. The Hall–Kier alpha value is -2.79. The van der Waals surface area contributed by atoms with E-state index in [9.17, 15) is 0 Å². The van der Waals surface area contributed by atoms with E-state index in [1.165, 1.54) is 11.1 Å². The highest BCUT2D eigenvalue weighted by Gasteiger charge is 2.20. The third kappa shape index (κ3) is 6.41. The number of halogens is 1. The molecule has 0 spiro atoms. The van der Waals surface area contributed by atoms with Gasteiger partial charge in [-0.15, -0.1) is 24.0 Å². The number of benzene rings is 2. The first-order valence-electron chi connectivity index (χ1n) is 11.2. The maximum atomic E-state index is 5.44. The lowest BCUT2D eigenvalue weighted by Gasteiger charge is -2.36. The zero-order valence-electron chi connectivity index (χ0n) is 20.0. The molecular weight excluding hydrogens is 543 g/mol. The van der Waals surface area contributed by atoms with Crippen molar-refractivity contribution in [3.63, 3.8) is 0 Å². The van der Waals surface area contributed by atoms with Crippen molar-refractivity contribution in [2.24, 2.45) is 4.99 Å². The summed E-state index contributed by atoms with van der Waals surface area (Å²) in [6.45, 7) is 5.42. The second-order valence-electron chi connectivity index (χ2n) is 7.97. The molecule has 0 aliphatic carbocycles. The van der Waals surface area contributed by atoms with Gasteiger partial charge in [-0.3, -0.25) is 9.89 Å². The smallest absolute Gasteiger partial charge is 0.194 e. The fourth-order valence-electron chi connectivity index (χ4n) is 4.10. The van der Waals surface area contributed by atoms with Crippen LogP contribution in [0.1, 0.15) is 11.1 Å². The quantitative estimate of drug-likeness (QED) is 0.264. The van der Waals surface area contributed by atoms with Gasteiger partial charge < -0.3 is 19.7 Å². The van der Waals surface area contributed by atoms with Crippen LogP contribution in [0.15, 0.2) is 65.9 Å². The first kappa shape index (κ1) is 25.8. The molecule has 0 unspecified atom stereocenters. The maximum Gasteiger partial charge on any atom is 0.194 e. The molecule has 1 saturated heterocycles.